The highest BCUT2D eigenvalue weighted by Crippen LogP contribution is 2.27. The Morgan fingerprint density at radius 2 is 2.04 bits per heavy atom. The molecule has 3 aromatic rings. The van der Waals surface area contributed by atoms with Crippen molar-refractivity contribution in [3.8, 4) is 5.75 Å². The highest BCUT2D eigenvalue weighted by atomic mass is 35.5. The lowest BCUT2D eigenvalue weighted by molar-refractivity contribution is -0.384. The molecule has 1 heterocycles. The summed E-state index contributed by atoms with van der Waals surface area (Å²) in [5.74, 6) is 0.547. The van der Waals surface area contributed by atoms with Crippen molar-refractivity contribution in [1.82, 2.24) is 10.2 Å². The van der Waals surface area contributed by atoms with Gasteiger partial charge in [0.15, 0.2) is 6.61 Å². The molecule has 0 spiro atoms. The molecular weight excluding hydrogens is 408 g/mol. The fourth-order valence-corrected chi connectivity index (χ4v) is 2.84. The van der Waals surface area contributed by atoms with Crippen LogP contribution in [0.5, 0.6) is 5.75 Å². The van der Waals surface area contributed by atoms with Crippen LogP contribution in [0.15, 0.2) is 58.2 Å². The van der Waals surface area contributed by atoms with Crippen molar-refractivity contribution in [2.45, 2.75) is 11.8 Å². The normalized spacial score (nSPS) is 10.5. The van der Waals surface area contributed by atoms with E-state index in [1.54, 1.807) is 12.1 Å². The molecule has 144 valence electrons. The molecule has 0 unspecified atom stereocenters. The Hall–Kier alpha value is -3.11. The number of carbonyl (C=O) groups is 1. The zero-order valence-electron chi connectivity index (χ0n) is 14.2. The van der Waals surface area contributed by atoms with E-state index in [9.17, 15) is 14.9 Å². The van der Waals surface area contributed by atoms with E-state index in [1.165, 1.54) is 18.2 Å². The fourth-order valence-electron chi connectivity index (χ4n) is 2.07. The standard InChI is InChI=1S/C17H13ClN4O5S/c18-13-7-6-11(8-14(13)22(24)25)19-15(23)10-28-17-21-20-16(27-17)9-26-12-4-2-1-3-5-12/h1-8H,9-10H2,(H,19,23). The van der Waals surface area contributed by atoms with E-state index >= 15 is 0 Å². The van der Waals surface area contributed by atoms with Crippen molar-refractivity contribution in [2.24, 2.45) is 0 Å². The van der Waals surface area contributed by atoms with Gasteiger partial charge in [0.05, 0.1) is 10.7 Å². The maximum Gasteiger partial charge on any atom is 0.289 e. The fraction of sp³-hybridized carbons (Fsp3) is 0.118. The van der Waals surface area contributed by atoms with E-state index in [0.717, 1.165) is 11.8 Å². The zero-order chi connectivity index (χ0) is 19.9. The van der Waals surface area contributed by atoms with Crippen LogP contribution in [0.2, 0.25) is 5.02 Å². The number of amides is 1. The number of nitrogens with zero attached hydrogens (tertiary/aromatic N) is 3. The summed E-state index contributed by atoms with van der Waals surface area (Å²) in [5, 5.41) is 21.3. The minimum atomic E-state index is -0.621. The van der Waals surface area contributed by atoms with E-state index < -0.39 is 4.92 Å². The zero-order valence-corrected chi connectivity index (χ0v) is 15.8. The van der Waals surface area contributed by atoms with Crippen LogP contribution in [-0.2, 0) is 11.4 Å². The molecule has 9 nitrogen and oxygen atoms in total. The van der Waals surface area contributed by atoms with Gasteiger partial charge in [0.2, 0.25) is 5.91 Å². The van der Waals surface area contributed by atoms with Crippen LogP contribution < -0.4 is 10.1 Å². The summed E-state index contributed by atoms with van der Waals surface area (Å²) in [6.07, 6.45) is 0. The minimum absolute atomic E-state index is 0.00603. The Balaban J connectivity index is 1.49. The second kappa shape index (κ2) is 9.20. The largest absolute Gasteiger partial charge is 0.484 e. The summed E-state index contributed by atoms with van der Waals surface area (Å²) in [6.45, 7) is 0.109. The number of carbonyl (C=O) groups excluding carboxylic acids is 1. The van der Waals surface area contributed by atoms with Crippen molar-refractivity contribution >= 4 is 40.6 Å². The molecule has 11 heteroatoms. The lowest BCUT2D eigenvalue weighted by Crippen LogP contribution is -2.14. The third-order valence-corrected chi connectivity index (χ3v) is 4.45. The smallest absolute Gasteiger partial charge is 0.289 e. The molecule has 2 aromatic carbocycles. The van der Waals surface area contributed by atoms with Gasteiger partial charge in [-0.3, -0.25) is 14.9 Å². The van der Waals surface area contributed by atoms with Gasteiger partial charge in [0.25, 0.3) is 16.8 Å². The quantitative estimate of drug-likeness (QED) is 0.330. The number of nitro benzene ring substituents is 1. The van der Waals surface area contributed by atoms with Gasteiger partial charge in [-0.05, 0) is 24.3 Å². The lowest BCUT2D eigenvalue weighted by Gasteiger charge is -2.04. The maximum atomic E-state index is 12.0. The monoisotopic (exact) mass is 420 g/mol. The van der Waals surface area contributed by atoms with Crippen LogP contribution in [0.3, 0.4) is 0 Å². The van der Waals surface area contributed by atoms with Crippen LogP contribution in [0, 0.1) is 10.1 Å². The minimum Gasteiger partial charge on any atom is -0.484 e. The third-order valence-electron chi connectivity index (χ3n) is 3.31. The summed E-state index contributed by atoms with van der Waals surface area (Å²) < 4.78 is 10.9. The number of anilines is 1. The van der Waals surface area contributed by atoms with Crippen molar-refractivity contribution < 1.29 is 18.9 Å². The summed E-state index contributed by atoms with van der Waals surface area (Å²) in [4.78, 5) is 22.3. The molecule has 28 heavy (non-hydrogen) atoms. The topological polar surface area (TPSA) is 120 Å². The summed E-state index contributed by atoms with van der Waals surface area (Å²) >= 11 is 6.78. The number of nitro groups is 1. The molecular formula is C17H13ClN4O5S. The first-order valence-electron chi connectivity index (χ1n) is 7.88. The van der Waals surface area contributed by atoms with Gasteiger partial charge < -0.3 is 14.5 Å². The predicted octanol–water partition coefficient (Wildman–Crippen LogP) is 3.94. The van der Waals surface area contributed by atoms with Crippen molar-refractivity contribution in [1.29, 1.82) is 0 Å². The SMILES string of the molecule is O=C(CSc1nnc(COc2ccccc2)o1)Nc1ccc(Cl)c([N+](=O)[O-])c1. The Labute approximate surface area is 168 Å². The van der Waals surface area contributed by atoms with E-state index in [4.69, 9.17) is 20.8 Å². The molecule has 3 rings (SSSR count). The Morgan fingerprint density at radius 3 is 2.79 bits per heavy atom. The second-order valence-corrected chi connectivity index (χ2v) is 6.66. The van der Waals surface area contributed by atoms with Crippen molar-refractivity contribution in [3.05, 3.63) is 69.6 Å². The van der Waals surface area contributed by atoms with Gasteiger partial charge >= 0.3 is 0 Å². The number of hydrogen-bond donors (Lipinski definition) is 1. The highest BCUT2D eigenvalue weighted by molar-refractivity contribution is 7.99. The summed E-state index contributed by atoms with van der Waals surface area (Å²) in [6, 6.07) is 13.2. The first-order valence-corrected chi connectivity index (χ1v) is 9.24. The summed E-state index contributed by atoms with van der Waals surface area (Å²) in [5.41, 5.74) is -0.0174. The average molecular weight is 421 g/mol. The maximum absolute atomic E-state index is 12.0. The van der Waals surface area contributed by atoms with Gasteiger partial charge in [0, 0.05) is 11.8 Å². The predicted molar refractivity (Wildman–Crippen MR) is 103 cm³/mol. The van der Waals surface area contributed by atoms with Crippen LogP contribution in [-0.4, -0.2) is 26.8 Å². The Kier molecular flexibility index (Phi) is 6.45. The second-order valence-electron chi connectivity index (χ2n) is 5.32. The van der Waals surface area contributed by atoms with E-state index in [1.807, 2.05) is 18.2 Å². The van der Waals surface area contributed by atoms with Gasteiger partial charge in [-0.15, -0.1) is 10.2 Å². The Bertz CT molecular complexity index is 983. The molecule has 1 aromatic heterocycles. The molecule has 0 aliphatic heterocycles. The molecule has 1 N–H and O–H groups in total. The van der Waals surface area contributed by atoms with Gasteiger partial charge in [0.1, 0.15) is 10.8 Å². The first kappa shape index (κ1) is 19.6. The van der Waals surface area contributed by atoms with Gasteiger partial charge in [-0.25, -0.2) is 0 Å². The van der Waals surface area contributed by atoms with Crippen LogP contribution in [0.1, 0.15) is 5.89 Å². The number of hydrogen-bond acceptors (Lipinski definition) is 8. The van der Waals surface area contributed by atoms with E-state index in [-0.39, 0.29) is 45.8 Å². The molecule has 0 aliphatic rings. The number of halogens is 1. The number of aromatic nitrogens is 2. The van der Waals surface area contributed by atoms with Gasteiger partial charge in [-0.2, -0.15) is 0 Å². The van der Waals surface area contributed by atoms with Crippen molar-refractivity contribution in [2.75, 3.05) is 11.1 Å². The van der Waals surface area contributed by atoms with Crippen LogP contribution >= 0.6 is 23.4 Å². The molecule has 0 radical (unpaired) electrons. The van der Waals surface area contributed by atoms with Crippen LogP contribution in [0.4, 0.5) is 11.4 Å². The molecule has 0 aliphatic carbocycles. The summed E-state index contributed by atoms with van der Waals surface area (Å²) in [7, 11) is 0. The molecule has 0 saturated heterocycles. The number of rotatable bonds is 8. The average Bonchev–Trinajstić information content (AvgIpc) is 3.15. The molecule has 0 bridgehead atoms. The Morgan fingerprint density at radius 1 is 1.25 bits per heavy atom. The highest BCUT2D eigenvalue weighted by Gasteiger charge is 2.15. The van der Waals surface area contributed by atoms with Crippen LogP contribution in [0.25, 0.3) is 0 Å². The molecule has 0 saturated carbocycles. The molecule has 0 atom stereocenters. The first-order chi connectivity index (χ1) is 13.5. The number of para-hydroxylation sites is 1. The number of thioether (sulfide) groups is 1. The molecule has 0 fully saturated rings. The molecule has 1 amide bonds. The third kappa shape index (κ3) is 5.44. The number of nitrogens with one attached hydrogen (secondary N) is 1. The lowest BCUT2D eigenvalue weighted by atomic mass is 10.3. The number of benzene rings is 2. The van der Waals surface area contributed by atoms with Gasteiger partial charge in [-0.1, -0.05) is 41.6 Å². The van der Waals surface area contributed by atoms with E-state index in [0.29, 0.717) is 5.75 Å². The van der Waals surface area contributed by atoms with E-state index in [2.05, 4.69) is 15.5 Å². The van der Waals surface area contributed by atoms with Crippen molar-refractivity contribution in [3.63, 3.8) is 0 Å². The number of ether oxygens (including phenoxy) is 1.